The molecule has 1 amide bonds. The Balaban J connectivity index is 2.52. The molecule has 0 N–H and O–H groups in total. The van der Waals surface area contributed by atoms with Gasteiger partial charge >= 0.3 is 0 Å². The van der Waals surface area contributed by atoms with Gasteiger partial charge in [-0.1, -0.05) is 6.92 Å². The lowest BCUT2D eigenvalue weighted by Gasteiger charge is -2.32. The molecule has 4 heteroatoms. The van der Waals surface area contributed by atoms with Gasteiger partial charge < -0.3 is 4.90 Å². The van der Waals surface area contributed by atoms with E-state index in [-0.39, 0.29) is 18.9 Å². The van der Waals surface area contributed by atoms with Gasteiger partial charge in [0, 0.05) is 19.4 Å². The summed E-state index contributed by atoms with van der Waals surface area (Å²) in [5, 5.41) is 0. The Morgan fingerprint density at radius 2 is 2.25 bits per heavy atom. The van der Waals surface area contributed by atoms with Crippen LogP contribution in [0.5, 0.6) is 0 Å². The molecule has 12 heavy (non-hydrogen) atoms. The van der Waals surface area contributed by atoms with Gasteiger partial charge in [-0.15, -0.1) is 0 Å². The molecule has 0 aliphatic carbocycles. The predicted octanol–water partition coefficient (Wildman–Crippen LogP) is 1.65. The predicted molar refractivity (Wildman–Crippen MR) is 41.1 cm³/mol. The van der Waals surface area contributed by atoms with E-state index < -0.39 is 5.92 Å². The van der Waals surface area contributed by atoms with Gasteiger partial charge in [-0.05, 0) is 6.42 Å². The number of alkyl halides is 2. The summed E-state index contributed by atoms with van der Waals surface area (Å²) in [6.45, 7) is 1.79. The van der Waals surface area contributed by atoms with Gasteiger partial charge in [-0.3, -0.25) is 4.79 Å². The second-order valence-corrected chi connectivity index (χ2v) is 3.13. The molecular formula is C8H13F2NO. The van der Waals surface area contributed by atoms with Gasteiger partial charge in [0.15, 0.2) is 0 Å². The van der Waals surface area contributed by atoms with E-state index in [0.717, 1.165) is 0 Å². The third-order valence-electron chi connectivity index (χ3n) is 2.05. The highest BCUT2D eigenvalue weighted by Crippen LogP contribution is 2.26. The highest BCUT2D eigenvalue weighted by atomic mass is 19.3. The number of amides is 1. The fourth-order valence-electron chi connectivity index (χ4n) is 1.40. The summed E-state index contributed by atoms with van der Waals surface area (Å²) in [7, 11) is 0. The van der Waals surface area contributed by atoms with Crippen LogP contribution in [0, 0.1) is 0 Å². The third-order valence-corrected chi connectivity index (χ3v) is 2.05. The molecule has 0 bridgehead atoms. The first kappa shape index (κ1) is 9.42. The number of halogens is 2. The molecule has 70 valence electrons. The summed E-state index contributed by atoms with van der Waals surface area (Å²) < 4.78 is 25.5. The van der Waals surface area contributed by atoms with Crippen LogP contribution in [0.25, 0.3) is 0 Å². The van der Waals surface area contributed by atoms with Gasteiger partial charge in [0.25, 0.3) is 5.92 Å². The second kappa shape index (κ2) is 3.37. The van der Waals surface area contributed by atoms with Crippen molar-refractivity contribution in [1.29, 1.82) is 0 Å². The van der Waals surface area contributed by atoms with Crippen LogP contribution in [0.2, 0.25) is 0 Å². The normalized spacial score (nSPS) is 22.4. The Morgan fingerprint density at radius 1 is 1.58 bits per heavy atom. The molecule has 2 nitrogen and oxygen atoms in total. The Hall–Kier alpha value is -0.670. The van der Waals surface area contributed by atoms with Crippen LogP contribution in [0.3, 0.4) is 0 Å². The number of hydrogen-bond acceptors (Lipinski definition) is 1. The fourth-order valence-corrected chi connectivity index (χ4v) is 1.40. The Kier molecular flexibility index (Phi) is 2.65. The zero-order valence-electron chi connectivity index (χ0n) is 7.15. The standard InChI is InChI=1S/C8H13F2NO/c1-2-7(12)11-5-3-4-8(9,10)6-11/h2-6H2,1H3. The molecular weight excluding hydrogens is 164 g/mol. The van der Waals surface area contributed by atoms with Crippen LogP contribution in [-0.4, -0.2) is 29.8 Å². The first-order valence-corrected chi connectivity index (χ1v) is 4.21. The lowest BCUT2D eigenvalue weighted by atomic mass is 10.1. The molecule has 1 aliphatic rings. The van der Waals surface area contributed by atoms with Crippen LogP contribution in [0.1, 0.15) is 26.2 Å². The van der Waals surface area contributed by atoms with E-state index in [0.29, 0.717) is 19.4 Å². The Morgan fingerprint density at radius 3 is 2.75 bits per heavy atom. The molecule has 0 saturated carbocycles. The SMILES string of the molecule is CCC(=O)N1CCCC(F)(F)C1. The number of rotatable bonds is 1. The van der Waals surface area contributed by atoms with E-state index in [9.17, 15) is 13.6 Å². The summed E-state index contributed by atoms with van der Waals surface area (Å²) >= 11 is 0. The lowest BCUT2D eigenvalue weighted by molar-refractivity contribution is -0.141. The zero-order valence-corrected chi connectivity index (χ0v) is 7.15. The maximum atomic E-state index is 12.8. The molecule has 0 spiro atoms. The summed E-state index contributed by atoms with van der Waals surface area (Å²) in [4.78, 5) is 12.3. The number of piperidine rings is 1. The van der Waals surface area contributed by atoms with Crippen molar-refractivity contribution in [1.82, 2.24) is 4.90 Å². The first-order chi connectivity index (χ1) is 5.55. The maximum absolute atomic E-state index is 12.8. The third kappa shape index (κ3) is 2.16. The van der Waals surface area contributed by atoms with Crippen LogP contribution in [0.4, 0.5) is 8.78 Å². The summed E-state index contributed by atoms with van der Waals surface area (Å²) in [5.41, 5.74) is 0. The zero-order chi connectivity index (χ0) is 9.19. The van der Waals surface area contributed by atoms with Crippen molar-refractivity contribution in [2.45, 2.75) is 32.1 Å². The van der Waals surface area contributed by atoms with Crippen molar-refractivity contribution in [2.75, 3.05) is 13.1 Å². The minimum atomic E-state index is -2.66. The topological polar surface area (TPSA) is 20.3 Å². The van der Waals surface area contributed by atoms with Crippen molar-refractivity contribution in [3.05, 3.63) is 0 Å². The molecule has 1 aliphatic heterocycles. The van der Waals surface area contributed by atoms with E-state index in [1.807, 2.05) is 0 Å². The smallest absolute Gasteiger partial charge is 0.265 e. The molecule has 0 aromatic rings. The number of carbonyl (C=O) groups is 1. The van der Waals surface area contributed by atoms with Crippen molar-refractivity contribution in [3.63, 3.8) is 0 Å². The van der Waals surface area contributed by atoms with E-state index in [1.54, 1.807) is 6.92 Å². The van der Waals surface area contributed by atoms with Crippen LogP contribution < -0.4 is 0 Å². The monoisotopic (exact) mass is 177 g/mol. The molecule has 0 unspecified atom stereocenters. The minimum Gasteiger partial charge on any atom is -0.337 e. The van der Waals surface area contributed by atoms with E-state index >= 15 is 0 Å². The van der Waals surface area contributed by atoms with Crippen molar-refractivity contribution in [3.8, 4) is 0 Å². The summed E-state index contributed by atoms with van der Waals surface area (Å²) in [6, 6.07) is 0. The fraction of sp³-hybridized carbons (Fsp3) is 0.875. The highest BCUT2D eigenvalue weighted by Gasteiger charge is 2.36. The molecule has 0 aromatic carbocycles. The number of hydrogen-bond donors (Lipinski definition) is 0. The molecule has 0 aromatic heterocycles. The Bertz CT molecular complexity index is 182. The van der Waals surface area contributed by atoms with Crippen molar-refractivity contribution in [2.24, 2.45) is 0 Å². The molecule has 0 atom stereocenters. The van der Waals surface area contributed by atoms with E-state index in [1.165, 1.54) is 4.90 Å². The molecule has 1 heterocycles. The van der Waals surface area contributed by atoms with E-state index in [2.05, 4.69) is 0 Å². The van der Waals surface area contributed by atoms with Crippen molar-refractivity contribution < 1.29 is 13.6 Å². The van der Waals surface area contributed by atoms with Crippen LogP contribution in [-0.2, 0) is 4.79 Å². The van der Waals surface area contributed by atoms with Gasteiger partial charge in [0.1, 0.15) is 0 Å². The number of carbonyl (C=O) groups excluding carboxylic acids is 1. The minimum absolute atomic E-state index is 0.0828. The Labute approximate surface area is 70.5 Å². The summed E-state index contributed by atoms with van der Waals surface area (Å²) in [5.74, 6) is -2.84. The average Bonchev–Trinajstić information content (AvgIpc) is 2.01. The first-order valence-electron chi connectivity index (χ1n) is 4.21. The number of nitrogens with zero attached hydrogens (tertiary/aromatic N) is 1. The van der Waals surface area contributed by atoms with Gasteiger partial charge in [-0.2, -0.15) is 0 Å². The number of likely N-dealkylation sites (tertiary alicyclic amines) is 1. The van der Waals surface area contributed by atoms with Gasteiger partial charge in [-0.25, -0.2) is 8.78 Å². The second-order valence-electron chi connectivity index (χ2n) is 3.13. The summed E-state index contributed by atoms with van der Waals surface area (Å²) in [6.07, 6.45) is 0.648. The quantitative estimate of drug-likeness (QED) is 0.596. The van der Waals surface area contributed by atoms with E-state index in [4.69, 9.17) is 0 Å². The van der Waals surface area contributed by atoms with Crippen LogP contribution in [0.15, 0.2) is 0 Å². The highest BCUT2D eigenvalue weighted by molar-refractivity contribution is 5.75. The van der Waals surface area contributed by atoms with Gasteiger partial charge in [0.05, 0.1) is 6.54 Å². The molecule has 1 fully saturated rings. The molecule has 1 rings (SSSR count). The van der Waals surface area contributed by atoms with Crippen molar-refractivity contribution >= 4 is 5.91 Å². The average molecular weight is 177 g/mol. The van der Waals surface area contributed by atoms with Crippen LogP contribution >= 0.6 is 0 Å². The van der Waals surface area contributed by atoms with Gasteiger partial charge in [0.2, 0.25) is 5.91 Å². The largest absolute Gasteiger partial charge is 0.337 e. The maximum Gasteiger partial charge on any atom is 0.265 e. The molecule has 1 saturated heterocycles. The lowest BCUT2D eigenvalue weighted by Crippen LogP contribution is -2.45. The molecule has 0 radical (unpaired) electrons.